The Balaban J connectivity index is 2.04. The Kier molecular flexibility index (Phi) is 3.15. The minimum Gasteiger partial charge on any atom is -0.321 e. The van der Waals surface area contributed by atoms with Gasteiger partial charge >= 0.3 is 0 Å². The van der Waals surface area contributed by atoms with Crippen molar-refractivity contribution >= 4 is 10.9 Å². The summed E-state index contributed by atoms with van der Waals surface area (Å²) in [5.74, 6) is 0. The molecule has 1 unspecified atom stereocenters. The molecule has 100 valence electrons. The van der Waals surface area contributed by atoms with Crippen molar-refractivity contribution in [3.8, 4) is 0 Å². The van der Waals surface area contributed by atoms with Crippen molar-refractivity contribution in [1.29, 1.82) is 0 Å². The lowest BCUT2D eigenvalue weighted by molar-refractivity contribution is 0.600. The second-order valence-electron chi connectivity index (χ2n) is 5.59. The normalized spacial score (nSPS) is 19.2. The molecule has 0 amide bonds. The van der Waals surface area contributed by atoms with Gasteiger partial charge in [0.15, 0.2) is 0 Å². The van der Waals surface area contributed by atoms with Crippen molar-refractivity contribution in [3.05, 3.63) is 45.2 Å². The molecule has 2 aromatic rings. The first-order valence-electron chi connectivity index (χ1n) is 7.00. The Labute approximate surface area is 113 Å². The van der Waals surface area contributed by atoms with E-state index >= 15 is 0 Å². The summed E-state index contributed by atoms with van der Waals surface area (Å²) in [5.41, 5.74) is 4.33. The fraction of sp³-hybridized carbons (Fsp3) is 0.438. The van der Waals surface area contributed by atoms with Gasteiger partial charge in [-0.25, -0.2) is 0 Å². The Bertz CT molecular complexity index is 666. The number of hydrogen-bond donors (Lipinski definition) is 2. The lowest BCUT2D eigenvalue weighted by Gasteiger charge is -2.11. The average molecular weight is 256 g/mol. The quantitative estimate of drug-likeness (QED) is 0.867. The van der Waals surface area contributed by atoms with E-state index in [1.807, 2.05) is 0 Å². The molecule has 2 N–H and O–H groups in total. The molecular weight excluding hydrogens is 236 g/mol. The predicted octanol–water partition coefficient (Wildman–Crippen LogP) is 2.44. The van der Waals surface area contributed by atoms with Crippen molar-refractivity contribution in [2.24, 2.45) is 0 Å². The van der Waals surface area contributed by atoms with Crippen molar-refractivity contribution in [3.63, 3.8) is 0 Å². The van der Waals surface area contributed by atoms with Gasteiger partial charge in [-0.1, -0.05) is 12.1 Å². The molecule has 0 saturated carbocycles. The number of hydrogen-bond acceptors (Lipinski definition) is 2. The molecule has 0 spiro atoms. The molecule has 1 aromatic carbocycles. The van der Waals surface area contributed by atoms with E-state index in [1.54, 1.807) is 0 Å². The van der Waals surface area contributed by atoms with Crippen molar-refractivity contribution in [2.45, 2.75) is 39.2 Å². The summed E-state index contributed by atoms with van der Waals surface area (Å²) in [6, 6.07) is 6.73. The van der Waals surface area contributed by atoms with Gasteiger partial charge in [-0.05, 0) is 62.2 Å². The van der Waals surface area contributed by atoms with Gasteiger partial charge in [0.25, 0.3) is 5.56 Å². The molecule has 1 fully saturated rings. The zero-order valence-electron chi connectivity index (χ0n) is 11.5. The van der Waals surface area contributed by atoms with E-state index in [4.69, 9.17) is 0 Å². The summed E-state index contributed by atoms with van der Waals surface area (Å²) in [6.45, 7) is 5.21. The topological polar surface area (TPSA) is 44.9 Å². The summed E-state index contributed by atoms with van der Waals surface area (Å²) >= 11 is 0. The number of fused-ring (bicyclic) bond motifs is 1. The van der Waals surface area contributed by atoms with E-state index in [9.17, 15) is 4.79 Å². The highest BCUT2D eigenvalue weighted by molar-refractivity contribution is 5.83. The molecule has 0 radical (unpaired) electrons. The largest absolute Gasteiger partial charge is 0.321 e. The van der Waals surface area contributed by atoms with E-state index in [0.717, 1.165) is 29.4 Å². The zero-order chi connectivity index (χ0) is 13.4. The Hall–Kier alpha value is -1.61. The first kappa shape index (κ1) is 12.4. The molecule has 1 saturated heterocycles. The first-order chi connectivity index (χ1) is 9.15. The molecular formula is C16H20N2O. The predicted molar refractivity (Wildman–Crippen MR) is 78.8 cm³/mol. The van der Waals surface area contributed by atoms with E-state index in [0.29, 0.717) is 6.04 Å². The van der Waals surface area contributed by atoms with Crippen LogP contribution in [-0.2, 0) is 6.42 Å². The van der Waals surface area contributed by atoms with Crippen LogP contribution in [0.4, 0.5) is 0 Å². The number of H-pyrrole nitrogens is 1. The smallest absolute Gasteiger partial charge is 0.251 e. The average Bonchev–Trinajstić information content (AvgIpc) is 2.89. The van der Waals surface area contributed by atoms with Crippen LogP contribution in [0.3, 0.4) is 0 Å². The lowest BCUT2D eigenvalue weighted by atomic mass is 10.0. The highest BCUT2D eigenvalue weighted by Crippen LogP contribution is 2.20. The molecule has 0 bridgehead atoms. The maximum atomic E-state index is 12.2. The summed E-state index contributed by atoms with van der Waals surface area (Å²) < 4.78 is 0. The van der Waals surface area contributed by atoms with Gasteiger partial charge in [0.2, 0.25) is 0 Å². The number of rotatable bonds is 2. The third kappa shape index (κ3) is 2.30. The molecule has 3 rings (SSSR count). The Morgan fingerprint density at radius 1 is 1.32 bits per heavy atom. The summed E-state index contributed by atoms with van der Waals surface area (Å²) in [7, 11) is 0. The highest BCUT2D eigenvalue weighted by Gasteiger charge is 2.16. The molecule has 1 aliphatic rings. The minimum absolute atomic E-state index is 0.0647. The van der Waals surface area contributed by atoms with Crippen LogP contribution in [0.2, 0.25) is 0 Å². The molecule has 2 heterocycles. The van der Waals surface area contributed by atoms with E-state index in [-0.39, 0.29) is 5.56 Å². The molecule has 3 nitrogen and oxygen atoms in total. The van der Waals surface area contributed by atoms with Crippen LogP contribution < -0.4 is 10.9 Å². The van der Waals surface area contributed by atoms with Crippen LogP contribution in [-0.4, -0.2) is 17.6 Å². The number of aromatic nitrogens is 1. The van der Waals surface area contributed by atoms with Gasteiger partial charge in [0, 0.05) is 11.6 Å². The minimum atomic E-state index is 0.0647. The third-order valence-corrected chi connectivity index (χ3v) is 4.26. The fourth-order valence-corrected chi connectivity index (χ4v) is 2.92. The highest BCUT2D eigenvalue weighted by atomic mass is 16.1. The van der Waals surface area contributed by atoms with Gasteiger partial charge in [-0.2, -0.15) is 0 Å². The van der Waals surface area contributed by atoms with Crippen molar-refractivity contribution < 1.29 is 0 Å². The molecule has 1 atom stereocenters. The molecule has 1 aliphatic heterocycles. The van der Waals surface area contributed by atoms with E-state index in [1.165, 1.54) is 24.0 Å². The van der Waals surface area contributed by atoms with E-state index < -0.39 is 0 Å². The summed E-state index contributed by atoms with van der Waals surface area (Å²) in [5, 5.41) is 4.58. The molecule has 1 aromatic heterocycles. The maximum Gasteiger partial charge on any atom is 0.251 e. The third-order valence-electron chi connectivity index (χ3n) is 4.26. The summed E-state index contributed by atoms with van der Waals surface area (Å²) in [4.78, 5) is 15.3. The van der Waals surface area contributed by atoms with Gasteiger partial charge < -0.3 is 10.3 Å². The lowest BCUT2D eigenvalue weighted by Crippen LogP contribution is -2.27. The number of benzene rings is 1. The van der Waals surface area contributed by atoms with Crippen LogP contribution >= 0.6 is 0 Å². The van der Waals surface area contributed by atoms with Gasteiger partial charge in [-0.15, -0.1) is 0 Å². The Morgan fingerprint density at radius 2 is 2.16 bits per heavy atom. The molecule has 19 heavy (non-hydrogen) atoms. The zero-order valence-corrected chi connectivity index (χ0v) is 11.5. The summed E-state index contributed by atoms with van der Waals surface area (Å²) in [6.07, 6.45) is 3.22. The van der Waals surface area contributed by atoms with Crippen LogP contribution in [0.25, 0.3) is 10.9 Å². The number of nitrogens with one attached hydrogen (secondary N) is 2. The second-order valence-corrected chi connectivity index (χ2v) is 5.59. The number of aromatic amines is 1. The van der Waals surface area contributed by atoms with Crippen LogP contribution in [0.1, 0.15) is 29.5 Å². The number of pyridine rings is 1. The monoisotopic (exact) mass is 256 g/mol. The maximum absolute atomic E-state index is 12.2. The van der Waals surface area contributed by atoms with Crippen LogP contribution in [0, 0.1) is 13.8 Å². The Morgan fingerprint density at radius 3 is 2.89 bits per heavy atom. The van der Waals surface area contributed by atoms with Crippen molar-refractivity contribution in [2.75, 3.05) is 6.54 Å². The fourth-order valence-electron chi connectivity index (χ4n) is 2.92. The van der Waals surface area contributed by atoms with Gasteiger partial charge in [0.05, 0.1) is 5.52 Å². The SMILES string of the molecule is Cc1ccc2cc(CC3CCCN3)c(=O)[nH]c2c1C. The second kappa shape index (κ2) is 4.82. The molecule has 3 heteroatoms. The van der Waals surface area contributed by atoms with Gasteiger partial charge in [-0.3, -0.25) is 4.79 Å². The van der Waals surface area contributed by atoms with Gasteiger partial charge in [0.1, 0.15) is 0 Å². The standard InChI is InChI=1S/C16H20N2O/c1-10-5-6-12-8-13(9-14-4-3-7-17-14)16(19)18-15(12)11(10)2/h5-6,8,14,17H,3-4,7,9H2,1-2H3,(H,18,19). The van der Waals surface area contributed by atoms with Crippen molar-refractivity contribution in [1.82, 2.24) is 10.3 Å². The molecule has 0 aliphatic carbocycles. The van der Waals surface area contributed by atoms with Crippen LogP contribution in [0.5, 0.6) is 0 Å². The van der Waals surface area contributed by atoms with E-state index in [2.05, 4.69) is 42.3 Å². The number of aryl methyl sites for hydroxylation is 2. The first-order valence-corrected chi connectivity index (χ1v) is 7.00. The van der Waals surface area contributed by atoms with Crippen LogP contribution in [0.15, 0.2) is 23.0 Å².